The summed E-state index contributed by atoms with van der Waals surface area (Å²) in [6.45, 7) is 0.673. The second kappa shape index (κ2) is 2.31. The number of pyridine rings is 1. The molecule has 0 unspecified atom stereocenters. The van der Waals surface area contributed by atoms with Crippen LogP contribution in [0.4, 0.5) is 0 Å². The van der Waals surface area contributed by atoms with Crippen LogP contribution in [-0.4, -0.2) is 17.4 Å². The fourth-order valence-corrected chi connectivity index (χ4v) is 2.10. The van der Waals surface area contributed by atoms with Gasteiger partial charge in [0, 0.05) is 30.2 Å². The molecule has 0 saturated carbocycles. The topological polar surface area (TPSA) is 39.2 Å². The molecule has 2 heterocycles. The van der Waals surface area contributed by atoms with Gasteiger partial charge in [-0.2, -0.15) is 0 Å². The van der Waals surface area contributed by atoms with E-state index in [1.165, 1.54) is 0 Å². The Kier molecular flexibility index (Phi) is 1.26. The van der Waals surface area contributed by atoms with E-state index in [0.717, 1.165) is 29.5 Å². The molecular weight excluding hydrogens is 166 g/mol. The Bertz CT molecular complexity index is 398. The summed E-state index contributed by atoms with van der Waals surface area (Å²) in [6, 6.07) is 0. The molecule has 2 aliphatic rings. The minimum atomic E-state index is 0.263. The van der Waals surface area contributed by atoms with E-state index >= 15 is 0 Å². The number of Topliss-reactive ketones (excluding diaryl/α,β-unsaturated/α-hetero) is 1. The first-order valence-electron chi connectivity index (χ1n) is 4.53. The van der Waals surface area contributed by atoms with Crippen molar-refractivity contribution in [1.29, 1.82) is 0 Å². The lowest BCUT2D eigenvalue weighted by Crippen LogP contribution is -1.97. The minimum Gasteiger partial charge on any atom is -0.477 e. The SMILES string of the molecule is O=C1CCc2cnc3c(c21)CCO3. The number of fused-ring (bicyclic) bond motifs is 3. The molecular formula is C10H9NO2. The van der Waals surface area contributed by atoms with E-state index in [9.17, 15) is 4.79 Å². The first-order valence-corrected chi connectivity index (χ1v) is 4.53. The molecule has 0 spiro atoms. The zero-order valence-corrected chi connectivity index (χ0v) is 7.17. The molecule has 3 rings (SSSR count). The average molecular weight is 175 g/mol. The zero-order valence-electron chi connectivity index (χ0n) is 7.17. The lowest BCUT2D eigenvalue weighted by Gasteiger charge is -2.02. The highest BCUT2D eigenvalue weighted by molar-refractivity contribution is 6.02. The summed E-state index contributed by atoms with van der Waals surface area (Å²) >= 11 is 0. The van der Waals surface area contributed by atoms with Gasteiger partial charge in [0.15, 0.2) is 5.78 Å². The van der Waals surface area contributed by atoms with Gasteiger partial charge in [-0.1, -0.05) is 0 Å². The molecule has 0 N–H and O–H groups in total. The molecule has 0 bridgehead atoms. The first-order chi connectivity index (χ1) is 6.36. The normalized spacial score (nSPS) is 18.3. The van der Waals surface area contributed by atoms with Crippen molar-refractivity contribution in [3.8, 4) is 5.88 Å². The minimum absolute atomic E-state index is 0.263. The van der Waals surface area contributed by atoms with Crippen LogP contribution in [0.5, 0.6) is 5.88 Å². The van der Waals surface area contributed by atoms with Crippen LogP contribution in [-0.2, 0) is 12.8 Å². The van der Waals surface area contributed by atoms with Crippen molar-refractivity contribution >= 4 is 5.78 Å². The van der Waals surface area contributed by atoms with Crippen molar-refractivity contribution in [2.75, 3.05) is 6.61 Å². The summed E-state index contributed by atoms with van der Waals surface area (Å²) in [4.78, 5) is 15.7. The number of nitrogens with zero attached hydrogens (tertiary/aromatic N) is 1. The standard InChI is InChI=1S/C10H9NO2/c12-8-2-1-6-5-11-10-7(9(6)8)3-4-13-10/h5H,1-4H2. The van der Waals surface area contributed by atoms with Crippen molar-refractivity contribution < 1.29 is 9.53 Å². The molecule has 0 atom stereocenters. The molecule has 66 valence electrons. The number of ketones is 1. The van der Waals surface area contributed by atoms with Gasteiger partial charge < -0.3 is 4.74 Å². The predicted octanol–water partition coefficient (Wildman–Crippen LogP) is 1.15. The number of ether oxygens (including phenoxy) is 1. The second-order valence-corrected chi connectivity index (χ2v) is 3.46. The lowest BCUT2D eigenvalue weighted by atomic mass is 10.0. The van der Waals surface area contributed by atoms with Crippen LogP contribution in [0.1, 0.15) is 27.9 Å². The van der Waals surface area contributed by atoms with Crippen LogP contribution in [0, 0.1) is 0 Å². The summed E-state index contributed by atoms with van der Waals surface area (Å²) in [5.41, 5.74) is 3.05. The maximum Gasteiger partial charge on any atom is 0.217 e. The summed E-state index contributed by atoms with van der Waals surface area (Å²) in [5, 5.41) is 0. The molecule has 0 amide bonds. The molecule has 3 nitrogen and oxygen atoms in total. The Morgan fingerprint density at radius 1 is 1.31 bits per heavy atom. The molecule has 0 radical (unpaired) electrons. The van der Waals surface area contributed by atoms with Crippen LogP contribution < -0.4 is 4.74 Å². The maximum atomic E-state index is 11.5. The maximum absolute atomic E-state index is 11.5. The number of carbonyl (C=O) groups is 1. The van der Waals surface area contributed by atoms with Crippen LogP contribution in [0.3, 0.4) is 0 Å². The zero-order chi connectivity index (χ0) is 8.84. The van der Waals surface area contributed by atoms with Crippen LogP contribution in [0.2, 0.25) is 0 Å². The molecule has 3 heteroatoms. The summed E-state index contributed by atoms with van der Waals surface area (Å²) in [6.07, 6.45) is 4.13. The monoisotopic (exact) mass is 175 g/mol. The van der Waals surface area contributed by atoms with Gasteiger partial charge in [-0.15, -0.1) is 0 Å². The van der Waals surface area contributed by atoms with Crippen molar-refractivity contribution in [3.63, 3.8) is 0 Å². The van der Waals surface area contributed by atoms with Gasteiger partial charge in [0.1, 0.15) is 0 Å². The number of hydrogen-bond acceptors (Lipinski definition) is 3. The van der Waals surface area contributed by atoms with Crippen LogP contribution >= 0.6 is 0 Å². The fourth-order valence-electron chi connectivity index (χ4n) is 2.10. The molecule has 1 aliphatic heterocycles. The Labute approximate surface area is 75.7 Å². The van der Waals surface area contributed by atoms with E-state index < -0.39 is 0 Å². The Morgan fingerprint density at radius 3 is 3.15 bits per heavy atom. The van der Waals surface area contributed by atoms with Crippen molar-refractivity contribution in [1.82, 2.24) is 4.98 Å². The van der Waals surface area contributed by atoms with Crippen molar-refractivity contribution in [2.45, 2.75) is 19.3 Å². The highest BCUT2D eigenvalue weighted by atomic mass is 16.5. The molecule has 1 aromatic rings. The number of rotatable bonds is 0. The lowest BCUT2D eigenvalue weighted by molar-refractivity contribution is 0.0994. The van der Waals surface area contributed by atoms with E-state index in [1.807, 2.05) is 0 Å². The van der Waals surface area contributed by atoms with Gasteiger partial charge >= 0.3 is 0 Å². The highest BCUT2D eigenvalue weighted by Gasteiger charge is 2.28. The average Bonchev–Trinajstić information content (AvgIpc) is 2.70. The van der Waals surface area contributed by atoms with E-state index in [1.54, 1.807) is 6.20 Å². The molecule has 1 aromatic heterocycles. The number of aryl methyl sites for hydroxylation is 1. The molecule has 13 heavy (non-hydrogen) atoms. The molecule has 1 aliphatic carbocycles. The third-order valence-electron chi connectivity index (χ3n) is 2.71. The fraction of sp³-hybridized carbons (Fsp3) is 0.400. The smallest absolute Gasteiger partial charge is 0.217 e. The third kappa shape index (κ3) is 0.842. The van der Waals surface area contributed by atoms with E-state index in [0.29, 0.717) is 18.9 Å². The number of carbonyl (C=O) groups excluding carboxylic acids is 1. The summed E-state index contributed by atoms with van der Waals surface area (Å²) < 4.78 is 5.31. The van der Waals surface area contributed by atoms with Gasteiger partial charge in [0.2, 0.25) is 5.88 Å². The number of aromatic nitrogens is 1. The predicted molar refractivity (Wildman–Crippen MR) is 46.1 cm³/mol. The third-order valence-corrected chi connectivity index (χ3v) is 2.71. The summed E-state index contributed by atoms with van der Waals surface area (Å²) in [5.74, 6) is 0.938. The summed E-state index contributed by atoms with van der Waals surface area (Å²) in [7, 11) is 0. The first kappa shape index (κ1) is 7.06. The van der Waals surface area contributed by atoms with Crippen molar-refractivity contribution in [2.24, 2.45) is 0 Å². The molecule has 0 aromatic carbocycles. The number of hydrogen-bond donors (Lipinski definition) is 0. The van der Waals surface area contributed by atoms with Gasteiger partial charge in [-0.3, -0.25) is 4.79 Å². The van der Waals surface area contributed by atoms with Crippen LogP contribution in [0.25, 0.3) is 0 Å². The Morgan fingerprint density at radius 2 is 2.23 bits per heavy atom. The van der Waals surface area contributed by atoms with E-state index in [4.69, 9.17) is 4.74 Å². The second-order valence-electron chi connectivity index (χ2n) is 3.46. The Hall–Kier alpha value is -1.38. The van der Waals surface area contributed by atoms with Gasteiger partial charge in [-0.05, 0) is 12.0 Å². The Balaban J connectivity index is 2.29. The van der Waals surface area contributed by atoms with Crippen molar-refractivity contribution in [3.05, 3.63) is 22.9 Å². The quantitative estimate of drug-likeness (QED) is 0.593. The highest BCUT2D eigenvalue weighted by Crippen LogP contribution is 2.33. The van der Waals surface area contributed by atoms with E-state index in [2.05, 4.69) is 4.98 Å². The van der Waals surface area contributed by atoms with Gasteiger partial charge in [-0.25, -0.2) is 4.98 Å². The molecule has 0 fully saturated rings. The van der Waals surface area contributed by atoms with Gasteiger partial charge in [0.25, 0.3) is 0 Å². The van der Waals surface area contributed by atoms with Gasteiger partial charge in [0.05, 0.1) is 6.61 Å². The molecule has 0 saturated heterocycles. The van der Waals surface area contributed by atoms with E-state index in [-0.39, 0.29) is 5.78 Å². The van der Waals surface area contributed by atoms with Crippen LogP contribution in [0.15, 0.2) is 6.20 Å². The largest absolute Gasteiger partial charge is 0.477 e.